The number of carbonyl (C=O) groups excluding carboxylic acids is 1. The highest BCUT2D eigenvalue weighted by molar-refractivity contribution is 5.69. The summed E-state index contributed by atoms with van der Waals surface area (Å²) in [7, 11) is 4.19. The SMILES string of the molecule is CCCC/C=C\CCCC(CCC/C=C\CCCCCC)C(CCC/C=C\CCCCC)OC(=O)CCCCN(C)C. The first-order valence-electron chi connectivity index (χ1n) is 18.3. The molecule has 0 amide bonds. The van der Waals surface area contributed by atoms with Crippen molar-refractivity contribution in [3.63, 3.8) is 0 Å². The molecule has 42 heavy (non-hydrogen) atoms. The van der Waals surface area contributed by atoms with Crippen molar-refractivity contribution in [1.82, 2.24) is 4.90 Å². The molecular formula is C39H73NO2. The fraction of sp³-hybridized carbons (Fsp3) is 0.821. The van der Waals surface area contributed by atoms with Gasteiger partial charge in [0.15, 0.2) is 0 Å². The molecule has 0 heterocycles. The number of unbranched alkanes of at least 4 members (excludes halogenated alkanes) is 13. The standard InChI is InChI=1S/C39H73NO2/c1-6-9-12-15-18-20-22-25-28-33-37(32-27-24-21-17-14-11-8-3)38(34-29-26-23-19-16-13-10-7-2)42-39(41)35-30-31-36-40(4)5/h17,19-23,37-38H,6-16,18,24-36H2,1-5H3/b21-17-,22-20-,23-19-. The van der Waals surface area contributed by atoms with Crippen molar-refractivity contribution < 1.29 is 9.53 Å². The molecule has 0 aromatic carbocycles. The van der Waals surface area contributed by atoms with Gasteiger partial charge in [0.2, 0.25) is 0 Å². The molecule has 0 saturated carbocycles. The van der Waals surface area contributed by atoms with Gasteiger partial charge < -0.3 is 9.64 Å². The number of allylic oxidation sites excluding steroid dienone is 6. The normalized spacial score (nSPS) is 13.7. The van der Waals surface area contributed by atoms with Crippen LogP contribution in [0, 0.1) is 5.92 Å². The van der Waals surface area contributed by atoms with E-state index in [9.17, 15) is 4.79 Å². The molecule has 246 valence electrons. The number of rotatable bonds is 31. The summed E-state index contributed by atoms with van der Waals surface area (Å²) in [6, 6.07) is 0. The van der Waals surface area contributed by atoms with Crippen molar-refractivity contribution >= 4 is 5.97 Å². The van der Waals surface area contributed by atoms with Gasteiger partial charge >= 0.3 is 5.97 Å². The number of ether oxygens (including phenoxy) is 1. The molecule has 3 heteroatoms. The second-order valence-corrected chi connectivity index (χ2v) is 12.7. The largest absolute Gasteiger partial charge is 0.462 e. The van der Waals surface area contributed by atoms with E-state index in [1.165, 1.54) is 89.9 Å². The van der Waals surface area contributed by atoms with Crippen molar-refractivity contribution in [2.24, 2.45) is 5.92 Å². The number of carbonyl (C=O) groups is 1. The Kier molecular flexibility index (Phi) is 31.5. The van der Waals surface area contributed by atoms with E-state index < -0.39 is 0 Å². The Morgan fingerprint density at radius 3 is 1.52 bits per heavy atom. The van der Waals surface area contributed by atoms with Crippen LogP contribution >= 0.6 is 0 Å². The van der Waals surface area contributed by atoms with Gasteiger partial charge in [-0.1, -0.05) is 102 Å². The van der Waals surface area contributed by atoms with Crippen LogP contribution in [0.3, 0.4) is 0 Å². The minimum absolute atomic E-state index is 0.0188. The van der Waals surface area contributed by atoms with Crippen LogP contribution in [-0.2, 0) is 9.53 Å². The predicted molar refractivity (Wildman–Crippen MR) is 187 cm³/mol. The van der Waals surface area contributed by atoms with Gasteiger partial charge in [-0.05, 0) is 129 Å². The second-order valence-electron chi connectivity index (χ2n) is 12.7. The third-order valence-electron chi connectivity index (χ3n) is 8.22. The molecule has 0 saturated heterocycles. The summed E-state index contributed by atoms with van der Waals surface area (Å²) in [5.74, 6) is 0.483. The first-order chi connectivity index (χ1) is 20.5. The number of esters is 1. The second kappa shape index (κ2) is 32.6. The molecule has 0 spiro atoms. The van der Waals surface area contributed by atoms with Gasteiger partial charge in [-0.3, -0.25) is 4.79 Å². The Morgan fingerprint density at radius 2 is 1.00 bits per heavy atom. The molecule has 0 fully saturated rings. The van der Waals surface area contributed by atoms with Crippen LogP contribution in [-0.4, -0.2) is 37.6 Å². The van der Waals surface area contributed by atoms with Gasteiger partial charge in [0.25, 0.3) is 0 Å². The highest BCUT2D eigenvalue weighted by Crippen LogP contribution is 2.27. The monoisotopic (exact) mass is 588 g/mol. The summed E-state index contributed by atoms with van der Waals surface area (Å²) in [6.07, 6.45) is 42.4. The van der Waals surface area contributed by atoms with Crippen molar-refractivity contribution in [3.05, 3.63) is 36.5 Å². The van der Waals surface area contributed by atoms with Gasteiger partial charge in [-0.2, -0.15) is 0 Å². The molecule has 0 bridgehead atoms. The zero-order chi connectivity index (χ0) is 30.9. The van der Waals surface area contributed by atoms with E-state index in [1.807, 2.05) is 0 Å². The summed E-state index contributed by atoms with van der Waals surface area (Å²) < 4.78 is 6.31. The number of nitrogens with zero attached hydrogens (tertiary/aromatic N) is 1. The molecule has 2 unspecified atom stereocenters. The van der Waals surface area contributed by atoms with Gasteiger partial charge in [-0.25, -0.2) is 0 Å². The van der Waals surface area contributed by atoms with E-state index in [2.05, 4.69) is 76.2 Å². The van der Waals surface area contributed by atoms with Gasteiger partial charge in [0, 0.05) is 6.42 Å². The third kappa shape index (κ3) is 28.8. The van der Waals surface area contributed by atoms with E-state index in [4.69, 9.17) is 4.74 Å². The molecule has 0 rings (SSSR count). The minimum atomic E-state index is 0.0188. The molecule has 3 nitrogen and oxygen atoms in total. The van der Waals surface area contributed by atoms with Crippen LogP contribution in [0.5, 0.6) is 0 Å². The summed E-state index contributed by atoms with van der Waals surface area (Å²) in [4.78, 5) is 15.2. The van der Waals surface area contributed by atoms with Crippen molar-refractivity contribution in [3.8, 4) is 0 Å². The lowest BCUT2D eigenvalue weighted by molar-refractivity contribution is -0.153. The molecular weight excluding hydrogens is 514 g/mol. The van der Waals surface area contributed by atoms with Crippen LogP contribution in [0.2, 0.25) is 0 Å². The van der Waals surface area contributed by atoms with E-state index >= 15 is 0 Å². The van der Waals surface area contributed by atoms with Crippen LogP contribution in [0.25, 0.3) is 0 Å². The van der Waals surface area contributed by atoms with Gasteiger partial charge in [-0.15, -0.1) is 0 Å². The maximum absolute atomic E-state index is 13.0. The average Bonchev–Trinajstić information content (AvgIpc) is 2.97. The molecule has 0 aromatic rings. The van der Waals surface area contributed by atoms with Crippen molar-refractivity contribution in [2.45, 2.75) is 181 Å². The topological polar surface area (TPSA) is 29.5 Å². The third-order valence-corrected chi connectivity index (χ3v) is 8.22. The lowest BCUT2D eigenvalue weighted by atomic mass is 9.87. The van der Waals surface area contributed by atoms with E-state index in [1.54, 1.807) is 0 Å². The van der Waals surface area contributed by atoms with Crippen LogP contribution in [0.15, 0.2) is 36.5 Å². The molecule has 0 aliphatic rings. The van der Waals surface area contributed by atoms with E-state index in [-0.39, 0.29) is 12.1 Å². The molecule has 2 atom stereocenters. The summed E-state index contributed by atoms with van der Waals surface area (Å²) in [5.41, 5.74) is 0. The number of hydrogen-bond donors (Lipinski definition) is 0. The molecule has 0 aliphatic heterocycles. The lowest BCUT2D eigenvalue weighted by Gasteiger charge is -2.27. The van der Waals surface area contributed by atoms with Gasteiger partial charge in [0.1, 0.15) is 6.10 Å². The summed E-state index contributed by atoms with van der Waals surface area (Å²) in [5, 5.41) is 0. The fourth-order valence-electron chi connectivity index (χ4n) is 5.50. The predicted octanol–water partition coefficient (Wildman–Crippen LogP) is 12.2. The highest BCUT2D eigenvalue weighted by atomic mass is 16.5. The quantitative estimate of drug-likeness (QED) is 0.0459. The van der Waals surface area contributed by atoms with Crippen LogP contribution in [0.1, 0.15) is 175 Å². The molecule has 0 N–H and O–H groups in total. The van der Waals surface area contributed by atoms with Gasteiger partial charge in [0.05, 0.1) is 0 Å². The Labute approximate surface area is 264 Å². The highest BCUT2D eigenvalue weighted by Gasteiger charge is 2.24. The molecule has 0 aliphatic carbocycles. The van der Waals surface area contributed by atoms with Crippen LogP contribution < -0.4 is 0 Å². The van der Waals surface area contributed by atoms with Crippen molar-refractivity contribution in [1.29, 1.82) is 0 Å². The average molecular weight is 588 g/mol. The van der Waals surface area contributed by atoms with E-state index in [0.717, 1.165) is 64.3 Å². The molecule has 0 aromatic heterocycles. The fourth-order valence-corrected chi connectivity index (χ4v) is 5.50. The van der Waals surface area contributed by atoms with Crippen LogP contribution in [0.4, 0.5) is 0 Å². The maximum Gasteiger partial charge on any atom is 0.306 e. The Morgan fingerprint density at radius 1 is 0.548 bits per heavy atom. The first kappa shape index (κ1) is 40.6. The first-order valence-corrected chi connectivity index (χ1v) is 18.3. The maximum atomic E-state index is 13.0. The zero-order valence-corrected chi connectivity index (χ0v) is 29.1. The summed E-state index contributed by atoms with van der Waals surface area (Å²) >= 11 is 0. The Balaban J connectivity index is 5.12. The Bertz CT molecular complexity index is 651. The zero-order valence-electron chi connectivity index (χ0n) is 29.1. The minimum Gasteiger partial charge on any atom is -0.462 e. The van der Waals surface area contributed by atoms with E-state index in [0.29, 0.717) is 12.3 Å². The Hall–Kier alpha value is -1.35. The number of hydrogen-bond acceptors (Lipinski definition) is 3. The summed E-state index contributed by atoms with van der Waals surface area (Å²) in [6.45, 7) is 7.82. The van der Waals surface area contributed by atoms with Crippen molar-refractivity contribution in [2.75, 3.05) is 20.6 Å². The lowest BCUT2D eigenvalue weighted by Crippen LogP contribution is -2.27. The molecule has 0 radical (unpaired) electrons. The smallest absolute Gasteiger partial charge is 0.306 e.